The Morgan fingerprint density at radius 3 is 2.44 bits per heavy atom. The van der Waals surface area contributed by atoms with Crippen molar-refractivity contribution in [2.45, 2.75) is 26.3 Å². The summed E-state index contributed by atoms with van der Waals surface area (Å²) < 4.78 is 39.2. The first kappa shape index (κ1) is 21.5. The average molecular weight is 433 g/mol. The van der Waals surface area contributed by atoms with Gasteiger partial charge in [0.2, 0.25) is 15.9 Å². The summed E-state index contributed by atoms with van der Waals surface area (Å²) in [6, 6.07) is 7.49. The van der Waals surface area contributed by atoms with Crippen molar-refractivity contribution in [1.82, 2.24) is 0 Å². The van der Waals surface area contributed by atoms with E-state index in [2.05, 4.69) is 5.32 Å². The summed E-state index contributed by atoms with van der Waals surface area (Å²) in [4.78, 5) is 12.9. The third-order valence-corrected chi connectivity index (χ3v) is 5.89. The van der Waals surface area contributed by atoms with Gasteiger partial charge in [0.25, 0.3) is 0 Å². The number of rotatable bonds is 6. The molecular formula is C18H19Cl2FN2O3S. The molecule has 0 unspecified atom stereocenters. The van der Waals surface area contributed by atoms with Crippen molar-refractivity contribution < 1.29 is 17.6 Å². The fourth-order valence-electron chi connectivity index (χ4n) is 2.64. The minimum atomic E-state index is -3.85. The number of sulfonamides is 1. The lowest BCUT2D eigenvalue weighted by atomic mass is 10.1. The number of carbonyl (C=O) groups is 1. The quantitative estimate of drug-likeness (QED) is 0.723. The predicted octanol–water partition coefficient (Wildman–Crippen LogP) is 4.62. The van der Waals surface area contributed by atoms with Gasteiger partial charge in [-0.05, 0) is 49.2 Å². The number of anilines is 2. The smallest absolute Gasteiger partial charge is 0.248 e. The fraction of sp³-hybridized carbons (Fsp3) is 0.278. The van der Waals surface area contributed by atoms with E-state index in [1.54, 1.807) is 32.0 Å². The third kappa shape index (κ3) is 4.91. The Morgan fingerprint density at radius 1 is 1.22 bits per heavy atom. The van der Waals surface area contributed by atoms with E-state index in [1.165, 1.54) is 12.1 Å². The molecule has 0 heterocycles. The van der Waals surface area contributed by atoms with E-state index in [9.17, 15) is 17.6 Å². The molecule has 2 aromatic carbocycles. The summed E-state index contributed by atoms with van der Waals surface area (Å²) in [6.45, 7) is 3.42. The Bertz CT molecular complexity index is 967. The molecule has 0 aliphatic rings. The third-order valence-electron chi connectivity index (χ3n) is 4.01. The molecular weight excluding hydrogens is 414 g/mol. The summed E-state index contributed by atoms with van der Waals surface area (Å²) in [5.74, 6) is -1.21. The van der Waals surface area contributed by atoms with Crippen LogP contribution in [0.5, 0.6) is 0 Å². The highest BCUT2D eigenvalue weighted by Gasteiger charge is 2.32. The molecule has 0 saturated carbocycles. The second-order valence-electron chi connectivity index (χ2n) is 5.98. The molecule has 146 valence electrons. The number of halogens is 3. The zero-order valence-corrected chi connectivity index (χ0v) is 17.3. The molecule has 2 aromatic rings. The normalized spacial score (nSPS) is 12.5. The molecule has 0 saturated heterocycles. The maximum atomic E-state index is 13.5. The number of carbonyl (C=O) groups excluding carboxylic acids is 1. The molecule has 27 heavy (non-hydrogen) atoms. The first-order valence-electron chi connectivity index (χ1n) is 8.06. The number of nitrogens with zero attached hydrogens (tertiary/aromatic N) is 1. The Morgan fingerprint density at radius 2 is 1.89 bits per heavy atom. The highest BCUT2D eigenvalue weighted by molar-refractivity contribution is 7.92. The maximum absolute atomic E-state index is 13.5. The molecule has 0 spiro atoms. The Hall–Kier alpha value is -1.83. The van der Waals surface area contributed by atoms with Gasteiger partial charge in [-0.3, -0.25) is 9.10 Å². The van der Waals surface area contributed by atoms with Gasteiger partial charge in [-0.1, -0.05) is 36.2 Å². The number of hydrogen-bond donors (Lipinski definition) is 1. The molecule has 0 radical (unpaired) electrons. The fourth-order valence-corrected chi connectivity index (χ4v) is 4.19. The van der Waals surface area contributed by atoms with Gasteiger partial charge >= 0.3 is 0 Å². The van der Waals surface area contributed by atoms with E-state index in [0.717, 1.165) is 16.6 Å². The van der Waals surface area contributed by atoms with Crippen molar-refractivity contribution in [2.24, 2.45) is 0 Å². The lowest BCUT2D eigenvalue weighted by Gasteiger charge is -2.30. The van der Waals surface area contributed by atoms with E-state index in [1.807, 2.05) is 0 Å². The van der Waals surface area contributed by atoms with E-state index in [4.69, 9.17) is 23.2 Å². The van der Waals surface area contributed by atoms with E-state index in [-0.39, 0.29) is 17.1 Å². The molecule has 1 N–H and O–H groups in total. The maximum Gasteiger partial charge on any atom is 0.248 e. The Kier molecular flexibility index (Phi) is 6.72. The van der Waals surface area contributed by atoms with Crippen LogP contribution in [-0.4, -0.2) is 26.6 Å². The molecule has 0 aliphatic carbocycles. The molecule has 0 aliphatic heterocycles. The standard InChI is InChI=1S/C18H19Cl2FN2O3S/c1-4-17(18(24)22-16-7-5-6-13(19)11(16)2)23(27(3,25)26)12-8-9-15(21)14(20)10-12/h5-10,17H,4H2,1-3H3,(H,22,24)/t17-/m1/s1. The van der Waals surface area contributed by atoms with Crippen molar-refractivity contribution in [2.75, 3.05) is 15.9 Å². The van der Waals surface area contributed by atoms with Crippen molar-refractivity contribution >= 4 is 50.5 Å². The van der Waals surface area contributed by atoms with Gasteiger partial charge in [-0.15, -0.1) is 0 Å². The topological polar surface area (TPSA) is 66.5 Å². The lowest BCUT2D eigenvalue weighted by molar-refractivity contribution is -0.117. The summed E-state index contributed by atoms with van der Waals surface area (Å²) in [6.07, 6.45) is 1.17. The van der Waals surface area contributed by atoms with Gasteiger partial charge in [0.15, 0.2) is 0 Å². The van der Waals surface area contributed by atoms with Crippen LogP contribution in [0.3, 0.4) is 0 Å². The van der Waals surface area contributed by atoms with Crippen molar-refractivity contribution in [1.29, 1.82) is 0 Å². The molecule has 0 aromatic heterocycles. The summed E-state index contributed by atoms with van der Waals surface area (Å²) in [7, 11) is -3.85. The first-order chi connectivity index (χ1) is 12.6. The van der Waals surface area contributed by atoms with Gasteiger partial charge < -0.3 is 5.32 Å². The van der Waals surface area contributed by atoms with Crippen molar-refractivity contribution in [3.8, 4) is 0 Å². The SMILES string of the molecule is CC[C@H](C(=O)Nc1cccc(Cl)c1C)N(c1ccc(F)c(Cl)c1)S(C)(=O)=O. The second-order valence-corrected chi connectivity index (χ2v) is 8.66. The van der Waals surface area contributed by atoms with Crippen LogP contribution in [-0.2, 0) is 14.8 Å². The molecule has 2 rings (SSSR count). The highest BCUT2D eigenvalue weighted by atomic mass is 35.5. The van der Waals surface area contributed by atoms with Crippen LogP contribution < -0.4 is 9.62 Å². The molecule has 5 nitrogen and oxygen atoms in total. The zero-order chi connectivity index (χ0) is 20.4. The monoisotopic (exact) mass is 432 g/mol. The second kappa shape index (κ2) is 8.46. The van der Waals surface area contributed by atoms with Crippen LogP contribution in [0.15, 0.2) is 36.4 Å². The van der Waals surface area contributed by atoms with Gasteiger partial charge in [0, 0.05) is 10.7 Å². The zero-order valence-electron chi connectivity index (χ0n) is 15.0. The summed E-state index contributed by atoms with van der Waals surface area (Å²) >= 11 is 11.9. The molecule has 1 amide bonds. The van der Waals surface area contributed by atoms with Crippen molar-refractivity contribution in [3.05, 3.63) is 57.8 Å². The van der Waals surface area contributed by atoms with Crippen LogP contribution in [0.1, 0.15) is 18.9 Å². The average Bonchev–Trinajstić information content (AvgIpc) is 2.58. The van der Waals surface area contributed by atoms with Gasteiger partial charge in [0.1, 0.15) is 11.9 Å². The number of nitrogens with one attached hydrogen (secondary N) is 1. The van der Waals surface area contributed by atoms with E-state index in [0.29, 0.717) is 16.3 Å². The van der Waals surface area contributed by atoms with E-state index >= 15 is 0 Å². The molecule has 0 bridgehead atoms. The van der Waals surface area contributed by atoms with Crippen LogP contribution in [0.4, 0.5) is 15.8 Å². The Balaban J connectivity index is 2.44. The van der Waals surface area contributed by atoms with Crippen LogP contribution in [0, 0.1) is 12.7 Å². The van der Waals surface area contributed by atoms with Crippen LogP contribution >= 0.6 is 23.2 Å². The summed E-state index contributed by atoms with van der Waals surface area (Å²) in [5.41, 5.74) is 1.25. The lowest BCUT2D eigenvalue weighted by Crippen LogP contribution is -2.47. The van der Waals surface area contributed by atoms with Crippen molar-refractivity contribution in [3.63, 3.8) is 0 Å². The van der Waals surface area contributed by atoms with Gasteiger partial charge in [-0.2, -0.15) is 0 Å². The van der Waals surface area contributed by atoms with Gasteiger partial charge in [0.05, 0.1) is 17.0 Å². The number of hydrogen-bond acceptors (Lipinski definition) is 3. The minimum Gasteiger partial charge on any atom is -0.324 e. The minimum absolute atomic E-state index is 0.105. The van der Waals surface area contributed by atoms with Crippen LogP contribution in [0.25, 0.3) is 0 Å². The predicted molar refractivity (Wildman–Crippen MR) is 108 cm³/mol. The van der Waals surface area contributed by atoms with E-state index < -0.39 is 27.8 Å². The molecule has 1 atom stereocenters. The Labute approximate surface area is 168 Å². The number of amides is 1. The first-order valence-corrected chi connectivity index (χ1v) is 10.7. The van der Waals surface area contributed by atoms with Crippen LogP contribution in [0.2, 0.25) is 10.0 Å². The molecule has 0 fully saturated rings. The molecule has 9 heteroatoms. The highest BCUT2D eigenvalue weighted by Crippen LogP contribution is 2.28. The summed E-state index contributed by atoms with van der Waals surface area (Å²) in [5, 5.41) is 2.96. The largest absolute Gasteiger partial charge is 0.324 e. The van der Waals surface area contributed by atoms with Gasteiger partial charge in [-0.25, -0.2) is 12.8 Å². The number of benzene rings is 2.